The second-order valence-electron chi connectivity index (χ2n) is 5.57. The number of hydrogen-bond acceptors (Lipinski definition) is 6. The molecule has 0 saturated carbocycles. The van der Waals surface area contributed by atoms with E-state index in [4.69, 9.17) is 14.9 Å². The Morgan fingerprint density at radius 3 is 2.88 bits per heavy atom. The Morgan fingerprint density at radius 2 is 2.23 bits per heavy atom. The highest BCUT2D eigenvalue weighted by atomic mass is 16.5. The van der Waals surface area contributed by atoms with Crippen molar-refractivity contribution in [3.8, 4) is 34.5 Å². The molecule has 6 heteroatoms. The van der Waals surface area contributed by atoms with E-state index in [0.717, 1.165) is 24.0 Å². The van der Waals surface area contributed by atoms with Gasteiger partial charge in [-0.2, -0.15) is 5.26 Å². The van der Waals surface area contributed by atoms with E-state index in [1.807, 2.05) is 12.1 Å². The normalized spacial score (nSPS) is 10.3. The monoisotopic (exact) mass is 346 g/mol. The molecular weight excluding hydrogens is 328 g/mol. The fourth-order valence-electron chi connectivity index (χ4n) is 2.47. The minimum Gasteiger partial charge on any atom is -0.478 e. The highest BCUT2D eigenvalue weighted by Gasteiger charge is 2.16. The zero-order chi connectivity index (χ0) is 18.4. The molecule has 130 valence electrons. The Morgan fingerprint density at radius 1 is 1.35 bits per heavy atom. The number of nitrogens with zero attached hydrogens (tertiary/aromatic N) is 3. The van der Waals surface area contributed by atoms with Crippen LogP contribution in [0.15, 0.2) is 59.9 Å². The van der Waals surface area contributed by atoms with Gasteiger partial charge in [-0.1, -0.05) is 6.08 Å². The molecule has 0 aromatic carbocycles. The van der Waals surface area contributed by atoms with E-state index in [1.54, 1.807) is 36.7 Å². The average Bonchev–Trinajstić information content (AvgIpc) is 3.20. The molecule has 6 nitrogen and oxygen atoms in total. The van der Waals surface area contributed by atoms with Gasteiger partial charge in [0.25, 0.3) is 0 Å². The SMILES string of the molecule is C=CCCCOc1ccc(-c2cc(C#N)c(N)nc2-c2ccco2)cn1. The summed E-state index contributed by atoms with van der Waals surface area (Å²) in [5.41, 5.74) is 8.25. The van der Waals surface area contributed by atoms with Crippen LogP contribution in [0.25, 0.3) is 22.6 Å². The number of rotatable bonds is 7. The molecule has 0 bridgehead atoms. The molecule has 0 unspecified atom stereocenters. The van der Waals surface area contributed by atoms with Crippen LogP contribution >= 0.6 is 0 Å². The number of aromatic nitrogens is 2. The highest BCUT2D eigenvalue weighted by molar-refractivity contribution is 5.81. The first kappa shape index (κ1) is 17.2. The molecule has 0 radical (unpaired) electrons. The van der Waals surface area contributed by atoms with Gasteiger partial charge in [0.05, 0.1) is 18.4 Å². The standard InChI is InChI=1S/C20H18N4O2/c1-2-3-4-9-26-18-8-7-14(13-23-18)16-11-15(12-21)20(22)24-19(16)17-6-5-10-25-17/h2,5-8,10-11,13H,1,3-4,9H2,(H2,22,24). The number of allylic oxidation sites excluding steroid dienone is 1. The minimum atomic E-state index is 0.165. The van der Waals surface area contributed by atoms with Gasteiger partial charge in [0.2, 0.25) is 5.88 Å². The molecule has 0 saturated heterocycles. The van der Waals surface area contributed by atoms with Crippen LogP contribution in [0.2, 0.25) is 0 Å². The molecule has 3 aromatic heterocycles. The summed E-state index contributed by atoms with van der Waals surface area (Å²) in [6.45, 7) is 4.26. The van der Waals surface area contributed by atoms with E-state index >= 15 is 0 Å². The van der Waals surface area contributed by atoms with E-state index in [-0.39, 0.29) is 5.82 Å². The van der Waals surface area contributed by atoms with Crippen LogP contribution in [0.5, 0.6) is 5.88 Å². The van der Waals surface area contributed by atoms with Gasteiger partial charge >= 0.3 is 0 Å². The number of furan rings is 1. The molecule has 0 aliphatic heterocycles. The molecule has 0 spiro atoms. The fourth-order valence-corrected chi connectivity index (χ4v) is 2.47. The summed E-state index contributed by atoms with van der Waals surface area (Å²) in [5.74, 6) is 1.28. The number of nitriles is 1. The number of ether oxygens (including phenoxy) is 1. The van der Waals surface area contributed by atoms with Crippen molar-refractivity contribution in [1.29, 1.82) is 5.26 Å². The Kier molecular flexibility index (Phi) is 5.30. The van der Waals surface area contributed by atoms with Gasteiger partial charge in [-0.3, -0.25) is 0 Å². The van der Waals surface area contributed by atoms with Gasteiger partial charge in [-0.25, -0.2) is 9.97 Å². The number of nitrogens with two attached hydrogens (primary N) is 1. The Bertz CT molecular complexity index is 926. The number of anilines is 1. The summed E-state index contributed by atoms with van der Waals surface area (Å²) >= 11 is 0. The maximum Gasteiger partial charge on any atom is 0.213 e. The summed E-state index contributed by atoms with van der Waals surface area (Å²) in [4.78, 5) is 8.68. The van der Waals surface area contributed by atoms with Gasteiger partial charge in [-0.15, -0.1) is 6.58 Å². The van der Waals surface area contributed by atoms with Crippen molar-refractivity contribution in [1.82, 2.24) is 9.97 Å². The van der Waals surface area contributed by atoms with Crippen molar-refractivity contribution in [2.75, 3.05) is 12.3 Å². The van der Waals surface area contributed by atoms with Crippen LogP contribution in [-0.2, 0) is 0 Å². The first-order valence-electron chi connectivity index (χ1n) is 8.17. The van der Waals surface area contributed by atoms with Gasteiger partial charge in [0.1, 0.15) is 17.6 Å². The molecule has 3 heterocycles. The molecule has 2 N–H and O–H groups in total. The fraction of sp³-hybridized carbons (Fsp3) is 0.150. The molecule has 3 aromatic rings. The first-order valence-corrected chi connectivity index (χ1v) is 8.17. The number of hydrogen-bond donors (Lipinski definition) is 1. The van der Waals surface area contributed by atoms with Crippen LogP contribution in [0.3, 0.4) is 0 Å². The van der Waals surface area contributed by atoms with Crippen molar-refractivity contribution in [2.24, 2.45) is 0 Å². The van der Waals surface area contributed by atoms with E-state index in [2.05, 4.69) is 22.6 Å². The van der Waals surface area contributed by atoms with Crippen molar-refractivity contribution >= 4 is 5.82 Å². The molecule has 0 amide bonds. The van der Waals surface area contributed by atoms with Gasteiger partial charge in [0.15, 0.2) is 5.76 Å². The highest BCUT2D eigenvalue weighted by Crippen LogP contribution is 2.33. The second-order valence-corrected chi connectivity index (χ2v) is 5.57. The van der Waals surface area contributed by atoms with Gasteiger partial charge in [0, 0.05) is 23.4 Å². The van der Waals surface area contributed by atoms with Crippen LogP contribution < -0.4 is 10.5 Å². The van der Waals surface area contributed by atoms with Crippen LogP contribution in [-0.4, -0.2) is 16.6 Å². The lowest BCUT2D eigenvalue weighted by Gasteiger charge is -2.10. The Balaban J connectivity index is 1.93. The molecule has 0 aliphatic rings. The lowest BCUT2D eigenvalue weighted by Crippen LogP contribution is -2.00. The maximum absolute atomic E-state index is 9.26. The van der Waals surface area contributed by atoms with Crippen LogP contribution in [0.1, 0.15) is 18.4 Å². The van der Waals surface area contributed by atoms with Crippen LogP contribution in [0.4, 0.5) is 5.82 Å². The lowest BCUT2D eigenvalue weighted by molar-refractivity contribution is 0.300. The Labute approximate surface area is 151 Å². The topological polar surface area (TPSA) is 98.0 Å². The number of pyridine rings is 2. The Hall–Kier alpha value is -3.59. The molecule has 26 heavy (non-hydrogen) atoms. The molecule has 3 rings (SSSR count). The van der Waals surface area contributed by atoms with Gasteiger partial charge in [-0.05, 0) is 37.1 Å². The zero-order valence-electron chi connectivity index (χ0n) is 14.2. The third-order valence-corrected chi connectivity index (χ3v) is 3.78. The zero-order valence-corrected chi connectivity index (χ0v) is 14.2. The summed E-state index contributed by atoms with van der Waals surface area (Å²) in [6.07, 6.45) is 6.90. The molecule has 0 fully saturated rings. The predicted octanol–water partition coefficient (Wildman–Crippen LogP) is 4.20. The van der Waals surface area contributed by atoms with E-state index < -0.39 is 0 Å². The summed E-state index contributed by atoms with van der Waals surface area (Å²) in [6, 6.07) is 11.0. The summed E-state index contributed by atoms with van der Waals surface area (Å²) in [7, 11) is 0. The third kappa shape index (κ3) is 3.73. The largest absolute Gasteiger partial charge is 0.478 e. The molecule has 0 atom stereocenters. The second kappa shape index (κ2) is 7.99. The number of unbranched alkanes of at least 4 members (excludes halogenated alkanes) is 1. The predicted molar refractivity (Wildman–Crippen MR) is 99.2 cm³/mol. The van der Waals surface area contributed by atoms with Crippen LogP contribution in [0, 0.1) is 11.3 Å². The van der Waals surface area contributed by atoms with Crippen molar-refractivity contribution in [3.05, 3.63) is 61.0 Å². The summed E-state index contributed by atoms with van der Waals surface area (Å²) < 4.78 is 11.1. The quantitative estimate of drug-likeness (QED) is 0.508. The average molecular weight is 346 g/mol. The smallest absolute Gasteiger partial charge is 0.213 e. The maximum atomic E-state index is 9.26. The summed E-state index contributed by atoms with van der Waals surface area (Å²) in [5, 5.41) is 9.26. The minimum absolute atomic E-state index is 0.165. The number of nitrogen functional groups attached to an aromatic ring is 1. The van der Waals surface area contributed by atoms with E-state index in [0.29, 0.717) is 29.5 Å². The van der Waals surface area contributed by atoms with E-state index in [1.165, 1.54) is 0 Å². The molecular formula is C20H18N4O2. The van der Waals surface area contributed by atoms with Crippen molar-refractivity contribution in [3.63, 3.8) is 0 Å². The van der Waals surface area contributed by atoms with E-state index in [9.17, 15) is 5.26 Å². The van der Waals surface area contributed by atoms with Crippen molar-refractivity contribution < 1.29 is 9.15 Å². The first-order chi connectivity index (χ1) is 12.7. The lowest BCUT2D eigenvalue weighted by atomic mass is 10.0. The third-order valence-electron chi connectivity index (χ3n) is 3.78. The van der Waals surface area contributed by atoms with Gasteiger partial charge < -0.3 is 14.9 Å². The molecule has 0 aliphatic carbocycles. The van der Waals surface area contributed by atoms with Crippen molar-refractivity contribution in [2.45, 2.75) is 12.8 Å².